The van der Waals surface area contributed by atoms with E-state index in [0.717, 1.165) is 34.0 Å². The first-order valence-electron chi connectivity index (χ1n) is 7.55. The molecule has 0 fully saturated rings. The van der Waals surface area contributed by atoms with Gasteiger partial charge in [0.2, 0.25) is 0 Å². The van der Waals surface area contributed by atoms with Crippen LogP contribution >= 0.6 is 23.1 Å². The van der Waals surface area contributed by atoms with Crippen molar-refractivity contribution in [2.45, 2.75) is 37.9 Å². The molecule has 116 valence electrons. The minimum absolute atomic E-state index is 0.0862. The average Bonchev–Trinajstić information content (AvgIpc) is 2.86. The lowest BCUT2D eigenvalue weighted by Crippen LogP contribution is -2.23. The molecule has 22 heavy (non-hydrogen) atoms. The normalized spacial score (nSPS) is 17.4. The number of fused-ring (bicyclic) bond motifs is 3. The predicted molar refractivity (Wildman–Crippen MR) is 96.2 cm³/mol. The topological polar surface area (TPSA) is 34.9 Å². The van der Waals surface area contributed by atoms with E-state index in [4.69, 9.17) is 4.98 Å². The number of allylic oxidation sites excluding steroid dienone is 1. The van der Waals surface area contributed by atoms with Gasteiger partial charge in [-0.25, -0.2) is 4.98 Å². The van der Waals surface area contributed by atoms with Crippen molar-refractivity contribution in [3.8, 4) is 0 Å². The molecule has 0 unspecified atom stereocenters. The van der Waals surface area contributed by atoms with E-state index in [2.05, 4.69) is 20.1 Å². The number of aryl methyl sites for hydroxylation is 1. The summed E-state index contributed by atoms with van der Waals surface area (Å²) < 4.78 is 1.75. The fourth-order valence-electron chi connectivity index (χ4n) is 2.95. The smallest absolute Gasteiger partial charge is 0.263 e. The Labute approximate surface area is 138 Å². The fraction of sp³-hybridized carbons (Fsp3) is 0.412. The van der Waals surface area contributed by atoms with Crippen molar-refractivity contribution in [3.05, 3.63) is 46.1 Å². The van der Waals surface area contributed by atoms with E-state index < -0.39 is 0 Å². The van der Waals surface area contributed by atoms with Gasteiger partial charge >= 0.3 is 0 Å². The molecule has 3 rings (SSSR count). The standard InChI is InChI=1S/C17H20N2OS2/c1-4-8-19-16(20)14-12-10-11(3)6-7-13(12)22-15(14)18-17(19)21-9-5-2/h4-5,11H,1-2,6-10H2,3H3/t11-/m0/s1. The molecule has 0 bridgehead atoms. The fourth-order valence-corrected chi connectivity index (χ4v) is 4.95. The summed E-state index contributed by atoms with van der Waals surface area (Å²) in [6, 6.07) is 0. The maximum absolute atomic E-state index is 13.0. The Balaban J connectivity index is 2.22. The van der Waals surface area contributed by atoms with Crippen molar-refractivity contribution < 1.29 is 0 Å². The van der Waals surface area contributed by atoms with Crippen molar-refractivity contribution in [3.63, 3.8) is 0 Å². The van der Waals surface area contributed by atoms with E-state index in [9.17, 15) is 4.79 Å². The molecule has 2 heterocycles. The van der Waals surface area contributed by atoms with Crippen LogP contribution in [0.1, 0.15) is 23.8 Å². The molecule has 0 N–H and O–H groups in total. The number of hydrogen-bond acceptors (Lipinski definition) is 4. The van der Waals surface area contributed by atoms with Gasteiger partial charge in [-0.2, -0.15) is 0 Å². The summed E-state index contributed by atoms with van der Waals surface area (Å²) in [5.41, 5.74) is 1.33. The molecule has 0 saturated heterocycles. The lowest BCUT2D eigenvalue weighted by molar-refractivity contribution is 0.508. The number of rotatable bonds is 5. The molecule has 0 radical (unpaired) electrons. The van der Waals surface area contributed by atoms with Crippen LogP contribution in [0.5, 0.6) is 0 Å². The van der Waals surface area contributed by atoms with Crippen LogP contribution in [0.2, 0.25) is 0 Å². The first-order chi connectivity index (χ1) is 10.7. The van der Waals surface area contributed by atoms with Crippen molar-refractivity contribution >= 4 is 33.3 Å². The van der Waals surface area contributed by atoms with Crippen molar-refractivity contribution in [2.24, 2.45) is 5.92 Å². The summed E-state index contributed by atoms with van der Waals surface area (Å²) >= 11 is 3.26. The van der Waals surface area contributed by atoms with Gasteiger partial charge in [-0.15, -0.1) is 24.5 Å². The second-order valence-electron chi connectivity index (χ2n) is 5.73. The van der Waals surface area contributed by atoms with Crippen LogP contribution < -0.4 is 5.56 Å². The van der Waals surface area contributed by atoms with Crippen LogP contribution in [0, 0.1) is 5.92 Å². The zero-order chi connectivity index (χ0) is 15.7. The molecule has 1 aliphatic carbocycles. The summed E-state index contributed by atoms with van der Waals surface area (Å²) in [4.78, 5) is 20.0. The molecular weight excluding hydrogens is 312 g/mol. The van der Waals surface area contributed by atoms with Crippen LogP contribution in [0.4, 0.5) is 0 Å². The Hall–Kier alpha value is -1.33. The lowest BCUT2D eigenvalue weighted by atomic mass is 9.89. The second-order valence-corrected chi connectivity index (χ2v) is 7.80. The maximum Gasteiger partial charge on any atom is 0.263 e. The summed E-state index contributed by atoms with van der Waals surface area (Å²) in [6.45, 7) is 10.3. The molecule has 2 aromatic rings. The first kappa shape index (κ1) is 15.6. The van der Waals surface area contributed by atoms with E-state index in [-0.39, 0.29) is 5.56 Å². The van der Waals surface area contributed by atoms with Crippen LogP contribution in [0.3, 0.4) is 0 Å². The quantitative estimate of drug-likeness (QED) is 0.471. The van der Waals surface area contributed by atoms with Gasteiger partial charge in [-0.1, -0.05) is 30.8 Å². The number of thioether (sulfide) groups is 1. The number of thiophene rings is 1. The molecule has 0 aliphatic heterocycles. The van der Waals surface area contributed by atoms with Gasteiger partial charge in [0.15, 0.2) is 5.16 Å². The van der Waals surface area contributed by atoms with E-state index in [1.54, 1.807) is 33.7 Å². The number of hydrogen-bond donors (Lipinski definition) is 0. The molecule has 0 spiro atoms. The summed E-state index contributed by atoms with van der Waals surface area (Å²) in [7, 11) is 0. The molecular formula is C17H20N2OS2. The second kappa shape index (κ2) is 6.42. The zero-order valence-electron chi connectivity index (χ0n) is 12.8. The molecule has 3 nitrogen and oxygen atoms in total. The SMILES string of the molecule is C=CCSc1nc2sc3c(c2c(=O)n1CC=C)C[C@@H](C)CC3. The summed E-state index contributed by atoms with van der Waals surface area (Å²) in [6.07, 6.45) is 6.88. The maximum atomic E-state index is 13.0. The van der Waals surface area contributed by atoms with Gasteiger partial charge < -0.3 is 0 Å². The molecule has 5 heteroatoms. The van der Waals surface area contributed by atoms with E-state index >= 15 is 0 Å². The summed E-state index contributed by atoms with van der Waals surface area (Å²) in [5.74, 6) is 1.39. The third kappa shape index (κ3) is 2.68. The Morgan fingerprint density at radius 2 is 2.27 bits per heavy atom. The van der Waals surface area contributed by atoms with Crippen molar-refractivity contribution in [2.75, 3.05) is 5.75 Å². The monoisotopic (exact) mass is 332 g/mol. The van der Waals surface area contributed by atoms with Crippen LogP contribution in [-0.4, -0.2) is 15.3 Å². The Morgan fingerprint density at radius 3 is 3.00 bits per heavy atom. The molecule has 0 amide bonds. The average molecular weight is 332 g/mol. The Morgan fingerprint density at radius 1 is 1.45 bits per heavy atom. The molecule has 0 aromatic carbocycles. The Kier molecular flexibility index (Phi) is 4.54. The van der Waals surface area contributed by atoms with Crippen molar-refractivity contribution in [1.82, 2.24) is 9.55 Å². The number of nitrogens with zero attached hydrogens (tertiary/aromatic N) is 2. The molecule has 0 saturated carbocycles. The Bertz CT molecular complexity index is 788. The van der Waals surface area contributed by atoms with Crippen molar-refractivity contribution in [1.29, 1.82) is 0 Å². The van der Waals surface area contributed by atoms with Gasteiger partial charge in [-0.3, -0.25) is 9.36 Å². The van der Waals surface area contributed by atoms with Gasteiger partial charge in [0.25, 0.3) is 5.56 Å². The van der Waals surface area contributed by atoms with Gasteiger partial charge in [0, 0.05) is 17.2 Å². The molecule has 2 aromatic heterocycles. The first-order valence-corrected chi connectivity index (χ1v) is 9.35. The van der Waals surface area contributed by atoms with Gasteiger partial charge in [-0.05, 0) is 30.7 Å². The number of aromatic nitrogens is 2. The van der Waals surface area contributed by atoms with E-state index in [1.165, 1.54) is 16.9 Å². The van der Waals surface area contributed by atoms with Gasteiger partial charge in [0.05, 0.1) is 5.39 Å². The molecule has 1 atom stereocenters. The molecule has 1 aliphatic rings. The lowest BCUT2D eigenvalue weighted by Gasteiger charge is -2.18. The summed E-state index contributed by atoms with van der Waals surface area (Å²) in [5, 5.41) is 1.61. The highest BCUT2D eigenvalue weighted by Crippen LogP contribution is 2.36. The van der Waals surface area contributed by atoms with E-state index in [1.807, 2.05) is 6.08 Å². The highest BCUT2D eigenvalue weighted by molar-refractivity contribution is 7.99. The predicted octanol–water partition coefficient (Wildman–Crippen LogP) is 4.05. The van der Waals surface area contributed by atoms with Crippen LogP contribution in [0.25, 0.3) is 10.2 Å². The minimum atomic E-state index is 0.0862. The highest BCUT2D eigenvalue weighted by atomic mass is 32.2. The van der Waals surface area contributed by atoms with Crippen LogP contribution in [0.15, 0.2) is 35.3 Å². The third-order valence-corrected chi connectivity index (χ3v) is 6.18. The van der Waals surface area contributed by atoms with E-state index in [0.29, 0.717) is 12.5 Å². The van der Waals surface area contributed by atoms with Gasteiger partial charge in [0.1, 0.15) is 4.83 Å². The van der Waals surface area contributed by atoms with Crippen LogP contribution in [-0.2, 0) is 19.4 Å². The zero-order valence-corrected chi connectivity index (χ0v) is 14.4. The largest absolute Gasteiger partial charge is 0.283 e. The minimum Gasteiger partial charge on any atom is -0.283 e. The third-order valence-electron chi connectivity index (χ3n) is 4.02. The highest BCUT2D eigenvalue weighted by Gasteiger charge is 2.24.